The first-order valence-corrected chi connectivity index (χ1v) is 6.97. The van der Waals surface area contributed by atoms with Gasteiger partial charge >= 0.3 is 0 Å². The van der Waals surface area contributed by atoms with E-state index < -0.39 is 0 Å². The van der Waals surface area contributed by atoms with Crippen LogP contribution in [0.3, 0.4) is 0 Å². The number of allylic oxidation sites excluding steroid dienone is 1. The van der Waals surface area contributed by atoms with Crippen LogP contribution in [0.5, 0.6) is 0 Å². The smallest absolute Gasteiger partial charge is 0.100 e. The number of nitrogens with zero attached hydrogens (tertiary/aromatic N) is 2. The van der Waals surface area contributed by atoms with Gasteiger partial charge in [-0.3, -0.25) is 4.99 Å². The Morgan fingerprint density at radius 1 is 1.40 bits per heavy atom. The van der Waals surface area contributed by atoms with Gasteiger partial charge in [-0.1, -0.05) is 35.9 Å². The van der Waals surface area contributed by atoms with Crippen LogP contribution in [0.4, 0.5) is 0 Å². The third-order valence-electron chi connectivity index (χ3n) is 2.96. The standard InChI is InChI=1S/C15H11BrClN3/c1-20-15(13(16)8-19)11-6-14(17)10-5-3-2-4-9(10)12(11)7-18/h2-6,8H,19H2,1H3/b13-8+,20-15?. The molecule has 0 amide bonds. The summed E-state index contributed by atoms with van der Waals surface area (Å²) in [6, 6.07) is 11.5. The molecule has 2 rings (SSSR count). The molecule has 3 nitrogen and oxygen atoms in total. The van der Waals surface area contributed by atoms with Gasteiger partial charge in [0.15, 0.2) is 0 Å². The molecule has 0 bridgehead atoms. The van der Waals surface area contributed by atoms with Crippen LogP contribution in [0, 0.1) is 11.3 Å². The van der Waals surface area contributed by atoms with Crippen molar-refractivity contribution < 1.29 is 0 Å². The Kier molecular flexibility index (Phi) is 4.43. The van der Waals surface area contributed by atoms with Gasteiger partial charge in [0.2, 0.25) is 0 Å². The summed E-state index contributed by atoms with van der Waals surface area (Å²) in [5, 5.41) is 11.7. The molecule has 2 aromatic rings. The molecular weight excluding hydrogens is 338 g/mol. The summed E-state index contributed by atoms with van der Waals surface area (Å²) in [6.45, 7) is 0. The maximum atomic E-state index is 9.49. The molecule has 2 N–H and O–H groups in total. The van der Waals surface area contributed by atoms with E-state index in [9.17, 15) is 5.26 Å². The number of nitrogens with two attached hydrogens (primary N) is 1. The highest BCUT2D eigenvalue weighted by Gasteiger charge is 2.16. The van der Waals surface area contributed by atoms with Crippen molar-refractivity contribution in [3.8, 4) is 6.07 Å². The number of hydrogen-bond acceptors (Lipinski definition) is 3. The van der Waals surface area contributed by atoms with Crippen LogP contribution >= 0.6 is 27.5 Å². The zero-order chi connectivity index (χ0) is 14.7. The molecule has 0 radical (unpaired) electrons. The lowest BCUT2D eigenvalue weighted by Gasteiger charge is -2.11. The lowest BCUT2D eigenvalue weighted by Crippen LogP contribution is -2.06. The van der Waals surface area contributed by atoms with E-state index in [0.29, 0.717) is 26.3 Å². The van der Waals surface area contributed by atoms with E-state index in [2.05, 4.69) is 27.0 Å². The molecule has 2 aromatic carbocycles. The van der Waals surface area contributed by atoms with Gasteiger partial charge in [-0.25, -0.2) is 0 Å². The quantitative estimate of drug-likeness (QED) is 0.834. The van der Waals surface area contributed by atoms with Crippen LogP contribution in [0.2, 0.25) is 5.02 Å². The maximum Gasteiger partial charge on any atom is 0.100 e. The van der Waals surface area contributed by atoms with Crippen LogP contribution in [-0.2, 0) is 0 Å². The van der Waals surface area contributed by atoms with Crippen molar-refractivity contribution in [1.29, 1.82) is 5.26 Å². The summed E-state index contributed by atoms with van der Waals surface area (Å²) in [5.41, 5.74) is 7.31. The van der Waals surface area contributed by atoms with E-state index in [4.69, 9.17) is 17.3 Å². The van der Waals surface area contributed by atoms with Crippen molar-refractivity contribution in [3.63, 3.8) is 0 Å². The normalized spacial score (nSPS) is 12.5. The molecule has 0 aromatic heterocycles. The summed E-state index contributed by atoms with van der Waals surface area (Å²) in [4.78, 5) is 4.20. The predicted octanol–water partition coefficient (Wildman–Crippen LogP) is 3.98. The molecule has 0 aliphatic rings. The van der Waals surface area contributed by atoms with Crippen LogP contribution in [0.1, 0.15) is 11.1 Å². The van der Waals surface area contributed by atoms with Crippen LogP contribution in [0.15, 0.2) is 46.0 Å². The highest BCUT2D eigenvalue weighted by atomic mass is 79.9. The lowest BCUT2D eigenvalue weighted by molar-refractivity contribution is 1.42. The molecule has 0 aliphatic carbocycles. The topological polar surface area (TPSA) is 62.2 Å². The SMILES string of the molecule is CN=C(/C(Br)=C\N)c1cc(Cl)c2ccccc2c1C#N. The summed E-state index contributed by atoms with van der Waals surface area (Å²) in [5.74, 6) is 0. The fourth-order valence-corrected chi connectivity index (χ4v) is 2.74. The highest BCUT2D eigenvalue weighted by molar-refractivity contribution is 9.12. The minimum absolute atomic E-state index is 0.532. The van der Waals surface area contributed by atoms with Crippen LogP contribution in [0.25, 0.3) is 10.8 Å². The van der Waals surface area contributed by atoms with Gasteiger partial charge < -0.3 is 5.73 Å². The minimum Gasteiger partial charge on any atom is -0.404 e. The van der Waals surface area contributed by atoms with E-state index in [0.717, 1.165) is 10.8 Å². The van der Waals surface area contributed by atoms with Crippen molar-refractivity contribution >= 4 is 44.0 Å². The molecule has 0 saturated carbocycles. The number of halogens is 2. The fraction of sp³-hybridized carbons (Fsp3) is 0.0667. The maximum absolute atomic E-state index is 9.49. The Hall–Kier alpha value is -1.83. The average Bonchev–Trinajstić information content (AvgIpc) is 2.48. The zero-order valence-corrected chi connectivity index (χ0v) is 13.0. The first-order valence-electron chi connectivity index (χ1n) is 5.80. The molecule has 100 valence electrons. The van der Waals surface area contributed by atoms with Crippen molar-refractivity contribution in [1.82, 2.24) is 0 Å². The Labute approximate surface area is 130 Å². The Balaban J connectivity index is 2.88. The lowest BCUT2D eigenvalue weighted by atomic mass is 9.96. The number of aliphatic imine (C=N–C) groups is 1. The third-order valence-corrected chi connectivity index (χ3v) is 3.91. The first kappa shape index (κ1) is 14.6. The minimum atomic E-state index is 0.532. The molecule has 5 heteroatoms. The summed E-state index contributed by atoms with van der Waals surface area (Å²) >= 11 is 9.65. The fourth-order valence-electron chi connectivity index (χ4n) is 2.07. The monoisotopic (exact) mass is 347 g/mol. The van der Waals surface area contributed by atoms with Crippen molar-refractivity contribution in [3.05, 3.63) is 57.2 Å². The number of rotatable bonds is 2. The zero-order valence-electron chi connectivity index (χ0n) is 10.7. The highest BCUT2D eigenvalue weighted by Crippen LogP contribution is 2.31. The van der Waals surface area contributed by atoms with Crippen LogP contribution in [-0.4, -0.2) is 12.8 Å². The van der Waals surface area contributed by atoms with Gasteiger partial charge in [0, 0.05) is 34.6 Å². The van der Waals surface area contributed by atoms with Crippen LogP contribution < -0.4 is 5.73 Å². The molecule has 0 saturated heterocycles. The Morgan fingerprint density at radius 3 is 2.60 bits per heavy atom. The van der Waals surface area contributed by atoms with E-state index in [1.165, 1.54) is 6.20 Å². The second-order valence-electron chi connectivity index (χ2n) is 4.03. The van der Waals surface area contributed by atoms with Crippen molar-refractivity contribution in [2.24, 2.45) is 10.7 Å². The van der Waals surface area contributed by atoms with Gasteiger partial charge in [0.25, 0.3) is 0 Å². The van der Waals surface area contributed by atoms with Gasteiger partial charge in [-0.2, -0.15) is 5.26 Å². The number of fused-ring (bicyclic) bond motifs is 1. The molecule has 0 spiro atoms. The summed E-state index contributed by atoms with van der Waals surface area (Å²) in [7, 11) is 1.64. The second kappa shape index (κ2) is 6.08. The summed E-state index contributed by atoms with van der Waals surface area (Å²) in [6.07, 6.45) is 1.40. The largest absolute Gasteiger partial charge is 0.404 e. The number of hydrogen-bond donors (Lipinski definition) is 1. The third kappa shape index (κ3) is 2.43. The van der Waals surface area contributed by atoms with E-state index >= 15 is 0 Å². The predicted molar refractivity (Wildman–Crippen MR) is 87.3 cm³/mol. The van der Waals surface area contributed by atoms with Gasteiger partial charge in [-0.15, -0.1) is 0 Å². The molecule has 0 fully saturated rings. The van der Waals surface area contributed by atoms with Gasteiger partial charge in [0.1, 0.15) is 6.07 Å². The molecule has 0 atom stereocenters. The number of benzene rings is 2. The van der Waals surface area contributed by atoms with E-state index in [1.54, 1.807) is 13.1 Å². The Morgan fingerprint density at radius 2 is 2.05 bits per heavy atom. The van der Waals surface area contributed by atoms with Crippen molar-refractivity contribution in [2.45, 2.75) is 0 Å². The molecule has 0 aliphatic heterocycles. The summed E-state index contributed by atoms with van der Waals surface area (Å²) < 4.78 is 0.614. The average molecular weight is 349 g/mol. The molecule has 0 heterocycles. The molecular formula is C15H11BrClN3. The van der Waals surface area contributed by atoms with Gasteiger partial charge in [0.05, 0.1) is 15.8 Å². The molecule has 0 unspecified atom stereocenters. The molecule has 20 heavy (non-hydrogen) atoms. The Bertz CT molecular complexity index is 773. The first-order chi connectivity index (χ1) is 9.63. The number of nitriles is 1. The second-order valence-corrected chi connectivity index (χ2v) is 5.29. The van der Waals surface area contributed by atoms with Gasteiger partial charge in [-0.05, 0) is 22.0 Å². The van der Waals surface area contributed by atoms with E-state index in [-0.39, 0.29) is 0 Å². The van der Waals surface area contributed by atoms with Crippen molar-refractivity contribution in [2.75, 3.05) is 7.05 Å². The van der Waals surface area contributed by atoms with E-state index in [1.807, 2.05) is 24.3 Å².